The molecule has 2 heterocycles. The Morgan fingerprint density at radius 2 is 2.11 bits per heavy atom. The summed E-state index contributed by atoms with van der Waals surface area (Å²) in [5, 5.41) is 23.2. The average Bonchev–Trinajstić information content (AvgIpc) is 3.54. The minimum atomic E-state index is -0.673. The van der Waals surface area contributed by atoms with Gasteiger partial charge in [0, 0.05) is 23.2 Å². The van der Waals surface area contributed by atoms with Crippen LogP contribution in [0.1, 0.15) is 55.8 Å². The summed E-state index contributed by atoms with van der Waals surface area (Å²) in [6.07, 6.45) is 3.54. The lowest BCUT2D eigenvalue weighted by molar-refractivity contribution is -0.147. The van der Waals surface area contributed by atoms with Crippen LogP contribution in [0.3, 0.4) is 0 Å². The number of carboxylic acid groups (broad SMARTS) is 1. The van der Waals surface area contributed by atoms with Crippen LogP contribution in [0.15, 0.2) is 40.9 Å². The first-order valence-electron chi connectivity index (χ1n) is 12.6. The molecule has 2 fully saturated rings. The Hall–Kier alpha value is -3.70. The van der Waals surface area contributed by atoms with Crippen molar-refractivity contribution in [3.63, 3.8) is 0 Å². The monoisotopic (exact) mass is 484 g/mol. The molecule has 1 saturated heterocycles. The van der Waals surface area contributed by atoms with E-state index >= 15 is 0 Å². The quantitative estimate of drug-likeness (QED) is 0.529. The third-order valence-corrected chi connectivity index (χ3v) is 7.87. The molecule has 3 aliphatic rings. The number of benzene rings is 2. The van der Waals surface area contributed by atoms with Crippen LogP contribution in [0.2, 0.25) is 0 Å². The van der Waals surface area contributed by atoms with Gasteiger partial charge in [0.25, 0.3) is 5.89 Å². The number of aromatic nitrogens is 2. The third kappa shape index (κ3) is 3.75. The molecule has 2 atom stereocenters. The molecule has 2 aromatic carbocycles. The highest BCUT2D eigenvalue weighted by atomic mass is 16.5. The number of hydrogen-bond donors (Lipinski definition) is 1. The maximum atomic E-state index is 11.3. The lowest BCUT2D eigenvalue weighted by atomic mass is 9.79. The molecule has 2 aliphatic carbocycles. The molecule has 6 rings (SSSR count). The molecular formula is C28H28N4O4. The summed E-state index contributed by atoms with van der Waals surface area (Å²) >= 11 is 0. The van der Waals surface area contributed by atoms with Crippen molar-refractivity contribution in [2.75, 3.05) is 6.54 Å². The average molecular weight is 485 g/mol. The van der Waals surface area contributed by atoms with Gasteiger partial charge in [-0.05, 0) is 81.3 Å². The fourth-order valence-electron chi connectivity index (χ4n) is 6.14. The number of nitrogens with zero attached hydrogens (tertiary/aromatic N) is 4. The Balaban J connectivity index is 1.27. The Kier molecular flexibility index (Phi) is 5.53. The predicted molar refractivity (Wildman–Crippen MR) is 131 cm³/mol. The van der Waals surface area contributed by atoms with Crippen LogP contribution in [-0.2, 0) is 11.2 Å². The fraction of sp³-hybridized carbons (Fsp3) is 0.429. The van der Waals surface area contributed by atoms with Crippen molar-refractivity contribution in [2.24, 2.45) is 11.8 Å². The Morgan fingerprint density at radius 3 is 2.86 bits per heavy atom. The summed E-state index contributed by atoms with van der Waals surface area (Å²) in [6, 6.07) is 14.5. The van der Waals surface area contributed by atoms with Gasteiger partial charge in [-0.25, -0.2) is 0 Å². The number of carboxylic acids is 1. The van der Waals surface area contributed by atoms with Crippen molar-refractivity contribution >= 4 is 5.97 Å². The summed E-state index contributed by atoms with van der Waals surface area (Å²) in [5.74, 6) is 1.10. The van der Waals surface area contributed by atoms with E-state index in [2.05, 4.69) is 28.3 Å². The molecule has 3 aromatic rings. The van der Waals surface area contributed by atoms with Gasteiger partial charge in [0.1, 0.15) is 11.8 Å². The van der Waals surface area contributed by atoms with Gasteiger partial charge in [-0.2, -0.15) is 10.2 Å². The number of likely N-dealkylation sites (tertiary alicyclic amines) is 1. The van der Waals surface area contributed by atoms with Crippen LogP contribution in [0.25, 0.3) is 22.8 Å². The van der Waals surface area contributed by atoms with Crippen LogP contribution in [0, 0.1) is 23.2 Å². The normalized spacial score (nSPS) is 24.7. The minimum Gasteiger partial charge on any atom is -0.490 e. The molecule has 0 spiro atoms. The predicted octanol–water partition coefficient (Wildman–Crippen LogP) is 4.84. The maximum Gasteiger partial charge on any atom is 0.306 e. The second kappa shape index (κ2) is 8.75. The van der Waals surface area contributed by atoms with Crippen LogP contribution in [-0.4, -0.2) is 44.8 Å². The number of fused-ring (bicyclic) bond motifs is 3. The first-order chi connectivity index (χ1) is 17.4. The zero-order valence-corrected chi connectivity index (χ0v) is 20.3. The van der Waals surface area contributed by atoms with E-state index in [9.17, 15) is 15.2 Å². The molecule has 8 heteroatoms. The van der Waals surface area contributed by atoms with E-state index in [0.29, 0.717) is 46.6 Å². The van der Waals surface area contributed by atoms with E-state index in [4.69, 9.17) is 14.2 Å². The first kappa shape index (κ1) is 22.7. The van der Waals surface area contributed by atoms with Crippen LogP contribution < -0.4 is 4.74 Å². The molecule has 36 heavy (non-hydrogen) atoms. The standard InChI is InChI=1S/C28H28N4O4/c1-15(2)35-24-7-6-17(10-19(24)14-29)27-30-26(31-36-27)22-5-3-4-21-23(22)13-16-8-9-32(25(16)21)20-11-18(12-20)28(33)34/h3-7,10,15-16,18,20,25H,8-9,11-13H2,1-2H3,(H,33,34)/t16-,18?,20?,25?/m0/s1. The van der Waals surface area contributed by atoms with Gasteiger partial charge in [0.2, 0.25) is 5.82 Å². The molecule has 1 unspecified atom stereocenters. The van der Waals surface area contributed by atoms with E-state index < -0.39 is 5.97 Å². The number of aliphatic carboxylic acids is 1. The van der Waals surface area contributed by atoms with Crippen molar-refractivity contribution < 1.29 is 19.2 Å². The smallest absolute Gasteiger partial charge is 0.306 e. The molecule has 1 N–H and O–H groups in total. The zero-order valence-electron chi connectivity index (χ0n) is 20.3. The van der Waals surface area contributed by atoms with Crippen LogP contribution in [0.4, 0.5) is 0 Å². The molecule has 8 nitrogen and oxygen atoms in total. The molecule has 0 amide bonds. The zero-order chi connectivity index (χ0) is 25.0. The second-order valence-electron chi connectivity index (χ2n) is 10.4. The van der Waals surface area contributed by atoms with Gasteiger partial charge in [0.05, 0.1) is 17.6 Å². The van der Waals surface area contributed by atoms with Crippen LogP contribution >= 0.6 is 0 Å². The topological polar surface area (TPSA) is 112 Å². The van der Waals surface area contributed by atoms with E-state index in [1.807, 2.05) is 26.0 Å². The third-order valence-electron chi connectivity index (χ3n) is 7.87. The van der Waals surface area contributed by atoms with Crippen molar-refractivity contribution in [3.05, 3.63) is 53.1 Å². The van der Waals surface area contributed by atoms with E-state index in [1.165, 1.54) is 11.1 Å². The number of ether oxygens (including phenoxy) is 1. The summed E-state index contributed by atoms with van der Waals surface area (Å²) in [4.78, 5) is 18.5. The maximum absolute atomic E-state index is 11.3. The lowest BCUT2D eigenvalue weighted by Gasteiger charge is -2.42. The molecule has 0 bridgehead atoms. The largest absolute Gasteiger partial charge is 0.490 e. The molecule has 1 saturated carbocycles. The number of nitriles is 1. The van der Waals surface area contributed by atoms with Gasteiger partial charge in [-0.3, -0.25) is 9.69 Å². The SMILES string of the molecule is CC(C)Oc1ccc(-c2nc(-c3cccc4c3C[C@@H]3CCN(C5CC(C(=O)O)C5)C43)no2)cc1C#N. The number of hydrogen-bond acceptors (Lipinski definition) is 7. The molecular weight excluding hydrogens is 456 g/mol. The van der Waals surface area contributed by atoms with Crippen molar-refractivity contribution in [2.45, 2.75) is 57.7 Å². The summed E-state index contributed by atoms with van der Waals surface area (Å²) in [5.41, 5.74) is 4.65. The van der Waals surface area contributed by atoms with E-state index in [-0.39, 0.29) is 12.0 Å². The summed E-state index contributed by atoms with van der Waals surface area (Å²) in [7, 11) is 0. The first-order valence-corrected chi connectivity index (χ1v) is 12.6. The van der Waals surface area contributed by atoms with E-state index in [1.54, 1.807) is 12.1 Å². The number of rotatable bonds is 6. The minimum absolute atomic E-state index is 0.0311. The van der Waals surface area contributed by atoms with Gasteiger partial charge >= 0.3 is 5.97 Å². The van der Waals surface area contributed by atoms with E-state index in [0.717, 1.165) is 37.8 Å². The molecule has 184 valence electrons. The molecule has 1 aliphatic heterocycles. The van der Waals surface area contributed by atoms with Gasteiger partial charge < -0.3 is 14.4 Å². The Labute approximate surface area is 209 Å². The van der Waals surface area contributed by atoms with Gasteiger partial charge in [-0.15, -0.1) is 0 Å². The summed E-state index contributed by atoms with van der Waals surface area (Å²) in [6.45, 7) is 4.87. The highest BCUT2D eigenvalue weighted by molar-refractivity contribution is 5.71. The van der Waals surface area contributed by atoms with Crippen molar-refractivity contribution in [3.8, 4) is 34.7 Å². The van der Waals surface area contributed by atoms with Gasteiger partial charge in [-0.1, -0.05) is 23.4 Å². The molecule has 0 radical (unpaired) electrons. The fourth-order valence-corrected chi connectivity index (χ4v) is 6.14. The Bertz CT molecular complexity index is 1370. The highest BCUT2D eigenvalue weighted by Crippen LogP contribution is 2.52. The second-order valence-corrected chi connectivity index (χ2v) is 10.4. The Morgan fingerprint density at radius 1 is 1.28 bits per heavy atom. The van der Waals surface area contributed by atoms with Crippen molar-refractivity contribution in [1.29, 1.82) is 5.26 Å². The van der Waals surface area contributed by atoms with Crippen LogP contribution in [0.5, 0.6) is 5.75 Å². The van der Waals surface area contributed by atoms with Gasteiger partial charge in [0.15, 0.2) is 0 Å². The summed E-state index contributed by atoms with van der Waals surface area (Å²) < 4.78 is 11.3. The van der Waals surface area contributed by atoms with Crippen molar-refractivity contribution in [1.82, 2.24) is 15.0 Å². The molecule has 1 aromatic heterocycles. The number of carbonyl (C=O) groups is 1. The lowest BCUT2D eigenvalue weighted by Crippen LogP contribution is -2.46. The highest BCUT2D eigenvalue weighted by Gasteiger charge is 2.48.